The standard InChI is InChI=1S/C17H24N4O2S2/c1-19(11-14-6-4-3-5-7-14)13-21-17(24)20(2)16(18-21)10-15-8-9-25(22,23)12-15/h3-7,15H,8-13H2,1-2H3/t15-/m0/s1. The van der Waals surface area contributed by atoms with E-state index in [1.807, 2.05) is 41.5 Å². The lowest BCUT2D eigenvalue weighted by molar-refractivity contribution is 0.243. The summed E-state index contributed by atoms with van der Waals surface area (Å²) in [6.45, 7) is 1.42. The van der Waals surface area contributed by atoms with E-state index in [9.17, 15) is 8.42 Å². The van der Waals surface area contributed by atoms with Crippen molar-refractivity contribution in [2.24, 2.45) is 13.0 Å². The number of hydrogen-bond donors (Lipinski definition) is 0. The van der Waals surface area contributed by atoms with Gasteiger partial charge < -0.3 is 4.57 Å². The lowest BCUT2D eigenvalue weighted by Gasteiger charge is -2.16. The molecule has 6 nitrogen and oxygen atoms in total. The van der Waals surface area contributed by atoms with Crippen LogP contribution in [0.3, 0.4) is 0 Å². The molecule has 2 aromatic rings. The third-order valence-electron chi connectivity index (χ3n) is 4.60. The SMILES string of the molecule is CN(Cc1ccccc1)Cn1nc(C[C@@H]2CCS(=O)(=O)C2)n(C)c1=S. The summed E-state index contributed by atoms with van der Waals surface area (Å²) in [4.78, 5) is 2.15. The number of benzene rings is 1. The summed E-state index contributed by atoms with van der Waals surface area (Å²) in [6, 6.07) is 10.3. The van der Waals surface area contributed by atoms with Gasteiger partial charge in [-0.1, -0.05) is 30.3 Å². The van der Waals surface area contributed by atoms with Gasteiger partial charge in [0.25, 0.3) is 0 Å². The van der Waals surface area contributed by atoms with E-state index in [4.69, 9.17) is 12.2 Å². The van der Waals surface area contributed by atoms with Crippen molar-refractivity contribution in [1.29, 1.82) is 0 Å². The molecule has 1 aromatic carbocycles. The zero-order valence-electron chi connectivity index (χ0n) is 14.6. The smallest absolute Gasteiger partial charge is 0.198 e. The first kappa shape index (κ1) is 18.3. The van der Waals surface area contributed by atoms with Gasteiger partial charge in [-0.25, -0.2) is 13.1 Å². The first-order chi connectivity index (χ1) is 11.8. The molecule has 0 amide bonds. The van der Waals surface area contributed by atoms with Crippen LogP contribution in [0.15, 0.2) is 30.3 Å². The zero-order valence-corrected chi connectivity index (χ0v) is 16.3. The molecular formula is C17H24N4O2S2. The average molecular weight is 381 g/mol. The Bertz CT molecular complexity index is 887. The maximum Gasteiger partial charge on any atom is 0.198 e. The minimum Gasteiger partial charge on any atom is -0.307 e. The fourth-order valence-corrected chi connectivity index (χ4v) is 5.33. The summed E-state index contributed by atoms with van der Waals surface area (Å²) < 4.78 is 27.7. The highest BCUT2D eigenvalue weighted by Gasteiger charge is 2.29. The van der Waals surface area contributed by atoms with Gasteiger partial charge in [0.05, 0.1) is 18.2 Å². The second kappa shape index (κ2) is 7.39. The van der Waals surface area contributed by atoms with E-state index in [-0.39, 0.29) is 11.7 Å². The van der Waals surface area contributed by atoms with Crippen molar-refractivity contribution in [2.45, 2.75) is 26.1 Å². The van der Waals surface area contributed by atoms with Gasteiger partial charge in [-0.3, -0.25) is 4.90 Å². The lowest BCUT2D eigenvalue weighted by Crippen LogP contribution is -2.22. The van der Waals surface area contributed by atoms with E-state index in [1.165, 1.54) is 5.56 Å². The maximum atomic E-state index is 11.6. The molecule has 0 spiro atoms. The third kappa shape index (κ3) is 4.56. The number of hydrogen-bond acceptors (Lipinski definition) is 5. The number of aromatic nitrogens is 3. The van der Waals surface area contributed by atoms with E-state index in [1.54, 1.807) is 0 Å². The fraction of sp³-hybridized carbons (Fsp3) is 0.529. The van der Waals surface area contributed by atoms with E-state index in [2.05, 4.69) is 22.1 Å². The Morgan fingerprint density at radius 2 is 2.04 bits per heavy atom. The van der Waals surface area contributed by atoms with Crippen LogP contribution in [-0.2, 0) is 36.5 Å². The summed E-state index contributed by atoms with van der Waals surface area (Å²) in [5.74, 6) is 1.57. The van der Waals surface area contributed by atoms with E-state index < -0.39 is 9.84 Å². The molecule has 0 radical (unpaired) electrons. The molecule has 0 unspecified atom stereocenters. The van der Waals surface area contributed by atoms with E-state index in [0.717, 1.165) is 18.8 Å². The van der Waals surface area contributed by atoms with Crippen molar-refractivity contribution in [3.63, 3.8) is 0 Å². The maximum absolute atomic E-state index is 11.6. The van der Waals surface area contributed by atoms with Crippen LogP contribution in [0.2, 0.25) is 0 Å². The summed E-state index contributed by atoms with van der Waals surface area (Å²) in [5, 5.41) is 4.64. The normalized spacial score (nSPS) is 19.6. The van der Waals surface area contributed by atoms with E-state index >= 15 is 0 Å². The molecular weight excluding hydrogens is 356 g/mol. The molecule has 0 saturated carbocycles. The Labute approximate surface area is 154 Å². The molecule has 0 N–H and O–H groups in total. The Hall–Kier alpha value is -1.51. The minimum atomic E-state index is -2.86. The number of rotatable bonds is 6. The predicted octanol–water partition coefficient (Wildman–Crippen LogP) is 2.02. The topological polar surface area (TPSA) is 60.1 Å². The summed E-state index contributed by atoms with van der Waals surface area (Å²) >= 11 is 5.50. The lowest BCUT2D eigenvalue weighted by atomic mass is 10.1. The first-order valence-electron chi connectivity index (χ1n) is 8.39. The van der Waals surface area contributed by atoms with Crippen molar-refractivity contribution in [2.75, 3.05) is 18.6 Å². The van der Waals surface area contributed by atoms with Crippen LogP contribution in [0.25, 0.3) is 0 Å². The molecule has 2 heterocycles. The monoisotopic (exact) mass is 380 g/mol. The van der Waals surface area contributed by atoms with Gasteiger partial charge in [0.2, 0.25) is 0 Å². The molecule has 3 rings (SSSR count). The molecule has 1 fully saturated rings. The van der Waals surface area contributed by atoms with Crippen molar-refractivity contribution in [3.8, 4) is 0 Å². The fourth-order valence-electron chi connectivity index (χ4n) is 3.27. The Kier molecular flexibility index (Phi) is 5.41. The molecule has 8 heteroatoms. The van der Waals surface area contributed by atoms with Crippen LogP contribution in [0, 0.1) is 10.7 Å². The van der Waals surface area contributed by atoms with Gasteiger partial charge in [0.15, 0.2) is 14.6 Å². The van der Waals surface area contributed by atoms with Crippen LogP contribution in [0.5, 0.6) is 0 Å². The van der Waals surface area contributed by atoms with Gasteiger partial charge in [-0.05, 0) is 37.2 Å². The van der Waals surface area contributed by atoms with Gasteiger partial charge in [0.1, 0.15) is 5.82 Å². The molecule has 1 saturated heterocycles. The van der Waals surface area contributed by atoms with Crippen molar-refractivity contribution >= 4 is 22.1 Å². The number of sulfone groups is 1. The Morgan fingerprint density at radius 1 is 1.32 bits per heavy atom. The molecule has 0 bridgehead atoms. The zero-order chi connectivity index (χ0) is 18.0. The molecule has 1 aliphatic heterocycles. The van der Waals surface area contributed by atoms with Gasteiger partial charge in [0, 0.05) is 20.0 Å². The summed E-state index contributed by atoms with van der Waals surface area (Å²) in [7, 11) is 1.08. The van der Waals surface area contributed by atoms with E-state index in [0.29, 0.717) is 23.6 Å². The third-order valence-corrected chi connectivity index (χ3v) is 6.92. The molecule has 1 aliphatic rings. The van der Waals surface area contributed by atoms with Crippen molar-refractivity contribution < 1.29 is 8.42 Å². The average Bonchev–Trinajstić information content (AvgIpc) is 3.03. The minimum absolute atomic E-state index is 0.149. The second-order valence-corrected chi connectivity index (χ2v) is 9.47. The van der Waals surface area contributed by atoms with Crippen LogP contribution >= 0.6 is 12.2 Å². The van der Waals surface area contributed by atoms with Crippen LogP contribution in [-0.4, -0.2) is 46.2 Å². The Morgan fingerprint density at radius 3 is 2.68 bits per heavy atom. The highest BCUT2D eigenvalue weighted by Crippen LogP contribution is 2.22. The summed E-state index contributed by atoms with van der Waals surface area (Å²) in [6.07, 6.45) is 1.38. The molecule has 1 atom stereocenters. The number of nitrogens with zero attached hydrogens (tertiary/aromatic N) is 4. The van der Waals surface area contributed by atoms with Gasteiger partial charge in [-0.2, -0.15) is 5.10 Å². The molecule has 1 aromatic heterocycles. The quantitative estimate of drug-likeness (QED) is 0.718. The predicted molar refractivity (Wildman–Crippen MR) is 100 cm³/mol. The van der Waals surface area contributed by atoms with Crippen molar-refractivity contribution in [1.82, 2.24) is 19.2 Å². The molecule has 25 heavy (non-hydrogen) atoms. The van der Waals surface area contributed by atoms with Crippen LogP contribution in [0.4, 0.5) is 0 Å². The molecule has 0 aliphatic carbocycles. The highest BCUT2D eigenvalue weighted by atomic mass is 32.2. The van der Waals surface area contributed by atoms with Crippen molar-refractivity contribution in [3.05, 3.63) is 46.5 Å². The van der Waals surface area contributed by atoms with Gasteiger partial charge >= 0.3 is 0 Å². The first-order valence-corrected chi connectivity index (χ1v) is 10.6. The Balaban J connectivity index is 1.67. The van der Waals surface area contributed by atoms with Crippen LogP contribution in [0.1, 0.15) is 17.8 Å². The second-order valence-electron chi connectivity index (χ2n) is 6.87. The molecule has 136 valence electrons. The van der Waals surface area contributed by atoms with Crippen LogP contribution < -0.4 is 0 Å². The largest absolute Gasteiger partial charge is 0.307 e. The van der Waals surface area contributed by atoms with Gasteiger partial charge in [-0.15, -0.1) is 0 Å². The summed E-state index contributed by atoms with van der Waals surface area (Å²) in [5.41, 5.74) is 1.24. The highest BCUT2D eigenvalue weighted by molar-refractivity contribution is 7.91.